The Bertz CT molecular complexity index is 1150. The number of amides is 1. The van der Waals surface area contributed by atoms with Gasteiger partial charge in [0, 0.05) is 11.3 Å². The normalized spacial score (nSPS) is 11.2. The Balaban J connectivity index is 1.85. The van der Waals surface area contributed by atoms with Gasteiger partial charge < -0.3 is 5.32 Å². The average Bonchev–Trinajstić information content (AvgIpc) is 2.62. The zero-order valence-electron chi connectivity index (χ0n) is 16.9. The highest BCUT2D eigenvalue weighted by Crippen LogP contribution is 2.23. The van der Waals surface area contributed by atoms with E-state index in [1.165, 1.54) is 0 Å². The number of sulfonamides is 1. The van der Waals surface area contributed by atoms with Gasteiger partial charge in [-0.05, 0) is 80.8 Å². The smallest absolute Gasteiger partial charge is 0.261 e. The summed E-state index contributed by atoms with van der Waals surface area (Å²) in [6.45, 7) is 7.61. The largest absolute Gasteiger partial charge is 0.322 e. The van der Waals surface area contributed by atoms with E-state index < -0.39 is 10.0 Å². The van der Waals surface area contributed by atoms with Gasteiger partial charge in [-0.25, -0.2) is 8.42 Å². The summed E-state index contributed by atoms with van der Waals surface area (Å²) in [5.41, 5.74) is 5.25. The molecule has 3 aromatic carbocycles. The van der Waals surface area contributed by atoms with Crippen LogP contribution in [0.5, 0.6) is 0 Å². The lowest BCUT2D eigenvalue weighted by atomic mass is 10.1. The highest BCUT2D eigenvalue weighted by molar-refractivity contribution is 7.92. The van der Waals surface area contributed by atoms with Crippen LogP contribution in [0.3, 0.4) is 0 Å². The van der Waals surface area contributed by atoms with Gasteiger partial charge in [0.05, 0.1) is 10.6 Å². The van der Waals surface area contributed by atoms with Crippen molar-refractivity contribution < 1.29 is 13.2 Å². The van der Waals surface area contributed by atoms with E-state index in [2.05, 4.69) is 10.0 Å². The summed E-state index contributed by atoms with van der Waals surface area (Å²) in [7, 11) is -3.75. The quantitative estimate of drug-likeness (QED) is 0.626. The summed E-state index contributed by atoms with van der Waals surface area (Å²) in [6.07, 6.45) is 0. The van der Waals surface area contributed by atoms with Crippen molar-refractivity contribution in [3.8, 4) is 0 Å². The van der Waals surface area contributed by atoms with Crippen molar-refractivity contribution >= 4 is 27.3 Å². The molecule has 0 unspecified atom stereocenters. The first-order valence-electron chi connectivity index (χ1n) is 9.24. The van der Waals surface area contributed by atoms with Crippen molar-refractivity contribution in [3.05, 3.63) is 88.5 Å². The Labute approximate surface area is 171 Å². The Morgan fingerprint density at radius 2 is 1.38 bits per heavy atom. The van der Waals surface area contributed by atoms with Gasteiger partial charge in [-0.15, -0.1) is 0 Å². The molecule has 1 amide bonds. The molecule has 0 aliphatic heterocycles. The van der Waals surface area contributed by atoms with Crippen LogP contribution in [-0.4, -0.2) is 14.3 Å². The molecular formula is C23H24N2O3S. The minimum atomic E-state index is -3.75. The summed E-state index contributed by atoms with van der Waals surface area (Å²) in [5, 5.41) is 2.87. The SMILES string of the molecule is Cc1ccc(S(=O)(=O)Nc2cc(C(=O)Nc3cc(C)cc(C)c3)ccc2C)cc1. The molecule has 0 saturated heterocycles. The van der Waals surface area contributed by atoms with Crippen LogP contribution in [0.25, 0.3) is 0 Å². The minimum absolute atomic E-state index is 0.174. The van der Waals surface area contributed by atoms with E-state index in [1.807, 2.05) is 39.0 Å². The van der Waals surface area contributed by atoms with Crippen LogP contribution >= 0.6 is 0 Å². The van der Waals surface area contributed by atoms with Crippen LogP contribution in [-0.2, 0) is 10.0 Å². The van der Waals surface area contributed by atoms with Gasteiger partial charge >= 0.3 is 0 Å². The molecule has 29 heavy (non-hydrogen) atoms. The summed E-state index contributed by atoms with van der Waals surface area (Å²) in [5.74, 6) is -0.300. The molecule has 2 N–H and O–H groups in total. The number of hydrogen-bond donors (Lipinski definition) is 2. The van der Waals surface area contributed by atoms with E-state index in [-0.39, 0.29) is 10.8 Å². The average molecular weight is 409 g/mol. The third-order valence-electron chi connectivity index (χ3n) is 4.55. The van der Waals surface area contributed by atoms with E-state index in [0.717, 1.165) is 22.3 Å². The molecule has 0 spiro atoms. The molecule has 0 aliphatic carbocycles. The fraction of sp³-hybridized carbons (Fsp3) is 0.174. The standard InChI is InChI=1S/C23H24N2O3S/c1-15-5-9-21(10-6-15)29(27,28)25-22-14-19(8-7-18(22)4)23(26)24-20-12-16(2)11-17(3)13-20/h5-14,25H,1-4H3,(H,24,26). The summed E-state index contributed by atoms with van der Waals surface area (Å²) >= 11 is 0. The van der Waals surface area contributed by atoms with Crippen LogP contribution in [0.2, 0.25) is 0 Å². The van der Waals surface area contributed by atoms with Gasteiger partial charge in [0.25, 0.3) is 15.9 Å². The Kier molecular flexibility index (Phi) is 5.75. The molecular weight excluding hydrogens is 384 g/mol. The van der Waals surface area contributed by atoms with E-state index in [4.69, 9.17) is 0 Å². The predicted octanol–water partition coefficient (Wildman–Crippen LogP) is 4.97. The Morgan fingerprint density at radius 1 is 0.759 bits per heavy atom. The van der Waals surface area contributed by atoms with Gasteiger partial charge in [-0.1, -0.05) is 29.8 Å². The third-order valence-corrected chi connectivity index (χ3v) is 5.94. The van der Waals surface area contributed by atoms with Crippen molar-refractivity contribution in [2.24, 2.45) is 0 Å². The second-order valence-corrected chi connectivity index (χ2v) is 8.96. The zero-order valence-corrected chi connectivity index (χ0v) is 17.7. The number of rotatable bonds is 5. The molecule has 3 rings (SSSR count). The van der Waals surface area contributed by atoms with Gasteiger partial charge in [0.15, 0.2) is 0 Å². The number of anilines is 2. The van der Waals surface area contributed by atoms with Gasteiger partial charge in [-0.3, -0.25) is 9.52 Å². The highest BCUT2D eigenvalue weighted by atomic mass is 32.2. The lowest BCUT2D eigenvalue weighted by molar-refractivity contribution is 0.102. The molecule has 6 heteroatoms. The molecule has 0 radical (unpaired) electrons. The van der Waals surface area contributed by atoms with Crippen molar-refractivity contribution in [3.63, 3.8) is 0 Å². The second-order valence-electron chi connectivity index (χ2n) is 7.28. The number of aryl methyl sites for hydroxylation is 4. The summed E-state index contributed by atoms with van der Waals surface area (Å²) < 4.78 is 28.0. The lowest BCUT2D eigenvalue weighted by Crippen LogP contribution is -2.16. The maximum absolute atomic E-state index is 12.7. The van der Waals surface area contributed by atoms with Crippen molar-refractivity contribution in [1.29, 1.82) is 0 Å². The molecule has 0 atom stereocenters. The van der Waals surface area contributed by atoms with Gasteiger partial charge in [0.1, 0.15) is 0 Å². The minimum Gasteiger partial charge on any atom is -0.322 e. The van der Waals surface area contributed by atoms with E-state index in [0.29, 0.717) is 16.9 Å². The Hall–Kier alpha value is -3.12. The first kappa shape index (κ1) is 20.6. The molecule has 0 aliphatic rings. The maximum Gasteiger partial charge on any atom is 0.261 e. The fourth-order valence-electron chi connectivity index (χ4n) is 3.04. The number of nitrogens with one attached hydrogen (secondary N) is 2. The highest BCUT2D eigenvalue weighted by Gasteiger charge is 2.17. The molecule has 0 saturated carbocycles. The number of hydrogen-bond acceptors (Lipinski definition) is 3. The van der Waals surface area contributed by atoms with Crippen LogP contribution in [0.1, 0.15) is 32.6 Å². The van der Waals surface area contributed by atoms with Gasteiger partial charge in [-0.2, -0.15) is 0 Å². The van der Waals surface area contributed by atoms with Crippen molar-refractivity contribution in [1.82, 2.24) is 0 Å². The predicted molar refractivity (Wildman–Crippen MR) is 117 cm³/mol. The first-order valence-corrected chi connectivity index (χ1v) is 10.7. The number of carbonyl (C=O) groups is 1. The van der Waals surface area contributed by atoms with E-state index in [1.54, 1.807) is 49.4 Å². The monoisotopic (exact) mass is 408 g/mol. The summed E-state index contributed by atoms with van der Waals surface area (Å²) in [6, 6.07) is 17.4. The van der Waals surface area contributed by atoms with E-state index >= 15 is 0 Å². The molecule has 0 fully saturated rings. The summed E-state index contributed by atoms with van der Waals surface area (Å²) in [4.78, 5) is 12.9. The van der Waals surface area contributed by atoms with Crippen LogP contribution in [0.15, 0.2) is 65.6 Å². The van der Waals surface area contributed by atoms with Crippen LogP contribution < -0.4 is 10.0 Å². The first-order chi connectivity index (χ1) is 13.6. The maximum atomic E-state index is 12.7. The van der Waals surface area contributed by atoms with Gasteiger partial charge in [0.2, 0.25) is 0 Å². The molecule has 0 bridgehead atoms. The fourth-order valence-corrected chi connectivity index (χ4v) is 4.17. The zero-order chi connectivity index (χ0) is 21.2. The van der Waals surface area contributed by atoms with Crippen LogP contribution in [0.4, 0.5) is 11.4 Å². The lowest BCUT2D eigenvalue weighted by Gasteiger charge is -2.13. The van der Waals surface area contributed by atoms with Crippen LogP contribution in [0, 0.1) is 27.7 Å². The number of carbonyl (C=O) groups excluding carboxylic acids is 1. The molecule has 0 heterocycles. The number of benzene rings is 3. The molecule has 150 valence electrons. The Morgan fingerprint density at radius 3 is 2.00 bits per heavy atom. The molecule has 3 aromatic rings. The van der Waals surface area contributed by atoms with E-state index in [9.17, 15) is 13.2 Å². The second kappa shape index (κ2) is 8.09. The molecule has 5 nitrogen and oxygen atoms in total. The van der Waals surface area contributed by atoms with Crippen molar-refractivity contribution in [2.45, 2.75) is 32.6 Å². The topological polar surface area (TPSA) is 75.3 Å². The third kappa shape index (κ3) is 5.03. The van der Waals surface area contributed by atoms with Crippen molar-refractivity contribution in [2.75, 3.05) is 10.0 Å². The molecule has 0 aromatic heterocycles.